The second kappa shape index (κ2) is 14.2. The first kappa shape index (κ1) is 25.2. The highest BCUT2D eigenvalue weighted by Crippen LogP contribution is 2.30. The average Bonchev–Trinajstić information content (AvgIpc) is 2.69. The van der Waals surface area contributed by atoms with Crippen molar-refractivity contribution in [2.24, 2.45) is 11.8 Å². The van der Waals surface area contributed by atoms with Crippen LogP contribution in [0.25, 0.3) is 0 Å². The summed E-state index contributed by atoms with van der Waals surface area (Å²) < 4.78 is 26.7. The normalized spacial score (nSPS) is 15.3. The van der Waals surface area contributed by atoms with Gasteiger partial charge in [0.1, 0.15) is 0 Å². The number of rotatable bonds is 16. The zero-order valence-corrected chi connectivity index (χ0v) is 19.6. The van der Waals surface area contributed by atoms with Crippen molar-refractivity contribution in [2.45, 2.75) is 115 Å². The fourth-order valence-electron chi connectivity index (χ4n) is 4.12. The van der Waals surface area contributed by atoms with Gasteiger partial charge in [-0.3, -0.25) is 0 Å². The molecular weight excluding hydrogens is 364 g/mol. The summed E-state index contributed by atoms with van der Waals surface area (Å²) in [6, 6.07) is 9.10. The highest BCUT2D eigenvalue weighted by Gasteiger charge is 2.30. The van der Waals surface area contributed by atoms with Gasteiger partial charge in [-0.2, -0.15) is 0 Å². The molecule has 0 aromatic heterocycles. The Labute approximate surface area is 175 Å². The van der Waals surface area contributed by atoms with Crippen LogP contribution in [0.3, 0.4) is 0 Å². The quantitative estimate of drug-likeness (QED) is 0.261. The monoisotopic (exact) mass is 408 g/mol. The minimum absolute atomic E-state index is 0.253. The van der Waals surface area contributed by atoms with Gasteiger partial charge >= 0.3 is 0 Å². The van der Waals surface area contributed by atoms with Gasteiger partial charge in [0.2, 0.25) is 0 Å². The van der Waals surface area contributed by atoms with Crippen LogP contribution in [-0.4, -0.2) is 13.7 Å². The highest BCUT2D eigenvalue weighted by atomic mass is 32.2. The predicted octanol–water partition coefficient (Wildman–Crippen LogP) is 7.82. The van der Waals surface area contributed by atoms with Crippen molar-refractivity contribution < 1.29 is 8.42 Å². The Hall–Kier alpha value is -0.830. The maximum Gasteiger partial charge on any atom is 0.181 e. The minimum Gasteiger partial charge on any atom is -0.223 e. The van der Waals surface area contributed by atoms with E-state index in [-0.39, 0.29) is 5.25 Å². The summed E-state index contributed by atoms with van der Waals surface area (Å²) in [6.45, 7) is 8.94. The van der Waals surface area contributed by atoms with Crippen LogP contribution in [-0.2, 0) is 9.84 Å². The van der Waals surface area contributed by atoms with Gasteiger partial charge in [0.05, 0.1) is 10.1 Å². The fourth-order valence-corrected chi connectivity index (χ4v) is 6.21. The van der Waals surface area contributed by atoms with Crippen molar-refractivity contribution in [2.75, 3.05) is 0 Å². The van der Waals surface area contributed by atoms with E-state index in [9.17, 15) is 8.42 Å². The molecule has 0 heterocycles. The molecule has 0 N–H and O–H groups in total. The lowest BCUT2D eigenvalue weighted by atomic mass is 9.92. The lowest BCUT2D eigenvalue weighted by Crippen LogP contribution is -2.26. The molecule has 2 nitrogen and oxygen atoms in total. The Balaban J connectivity index is 2.76. The first-order valence-corrected chi connectivity index (χ1v) is 13.2. The summed E-state index contributed by atoms with van der Waals surface area (Å²) in [5.41, 5.74) is 0. The molecule has 1 aromatic rings. The van der Waals surface area contributed by atoms with Crippen molar-refractivity contribution in [1.82, 2.24) is 0 Å². The number of sulfone groups is 1. The number of benzene rings is 1. The summed E-state index contributed by atoms with van der Waals surface area (Å²) in [7, 11) is -3.26. The lowest BCUT2D eigenvalue weighted by molar-refractivity contribution is 0.389. The standard InChI is InChI=1S/C25H44O2S/c1-5-7-9-12-16-22(3)20-25(21-23(4)17-13-10-8-6-2)28(26,27)24-18-14-11-15-19-24/h11,14-15,18-19,22-23,25H,5-10,12-13,16-17,20-21H2,1-4H3/t22-,23+,25?. The molecule has 0 spiro atoms. The summed E-state index contributed by atoms with van der Waals surface area (Å²) in [4.78, 5) is 0.497. The van der Waals surface area contributed by atoms with Gasteiger partial charge in [0.25, 0.3) is 0 Å². The van der Waals surface area contributed by atoms with Crippen molar-refractivity contribution in [3.8, 4) is 0 Å². The lowest BCUT2D eigenvalue weighted by Gasteiger charge is -2.24. The second-order valence-electron chi connectivity index (χ2n) is 8.86. The van der Waals surface area contributed by atoms with E-state index in [2.05, 4.69) is 27.7 Å². The van der Waals surface area contributed by atoms with E-state index < -0.39 is 9.84 Å². The Morgan fingerprint density at radius 2 is 1.18 bits per heavy atom. The molecule has 0 fully saturated rings. The number of hydrogen-bond donors (Lipinski definition) is 0. The first-order valence-electron chi connectivity index (χ1n) is 11.7. The van der Waals surface area contributed by atoms with Crippen LogP contribution >= 0.6 is 0 Å². The zero-order chi connectivity index (χ0) is 20.8. The molecular formula is C25H44O2S. The van der Waals surface area contributed by atoms with E-state index in [1.54, 1.807) is 12.1 Å². The molecule has 3 atom stereocenters. The molecule has 0 saturated carbocycles. The van der Waals surface area contributed by atoms with Crippen LogP contribution in [0.4, 0.5) is 0 Å². The minimum atomic E-state index is -3.26. The fraction of sp³-hybridized carbons (Fsp3) is 0.760. The van der Waals surface area contributed by atoms with Gasteiger partial charge in [-0.1, -0.05) is 110 Å². The van der Waals surface area contributed by atoms with Crippen LogP contribution in [0.5, 0.6) is 0 Å². The van der Waals surface area contributed by atoms with Crippen LogP contribution in [0.2, 0.25) is 0 Å². The molecule has 0 amide bonds. The Morgan fingerprint density at radius 1 is 0.714 bits per heavy atom. The van der Waals surface area contributed by atoms with Crippen molar-refractivity contribution >= 4 is 9.84 Å². The molecule has 1 unspecified atom stereocenters. The van der Waals surface area contributed by atoms with E-state index in [0.717, 1.165) is 25.7 Å². The topological polar surface area (TPSA) is 34.1 Å². The van der Waals surface area contributed by atoms with E-state index in [4.69, 9.17) is 0 Å². The largest absolute Gasteiger partial charge is 0.223 e. The summed E-state index contributed by atoms with van der Waals surface area (Å²) >= 11 is 0. The number of unbranched alkanes of at least 4 members (excludes halogenated alkanes) is 6. The molecule has 28 heavy (non-hydrogen) atoms. The van der Waals surface area contributed by atoms with Crippen molar-refractivity contribution in [1.29, 1.82) is 0 Å². The molecule has 0 aliphatic rings. The molecule has 0 aliphatic carbocycles. The summed E-state index contributed by atoms with van der Waals surface area (Å²) in [5, 5.41) is -0.253. The van der Waals surface area contributed by atoms with Gasteiger partial charge < -0.3 is 0 Å². The molecule has 1 rings (SSSR count). The molecule has 3 heteroatoms. The van der Waals surface area contributed by atoms with E-state index in [1.807, 2.05) is 18.2 Å². The number of hydrogen-bond acceptors (Lipinski definition) is 2. The van der Waals surface area contributed by atoms with Gasteiger partial charge in [-0.15, -0.1) is 0 Å². The van der Waals surface area contributed by atoms with Crippen LogP contribution in [0.15, 0.2) is 35.2 Å². The van der Waals surface area contributed by atoms with Gasteiger partial charge in [0, 0.05) is 0 Å². The molecule has 1 aromatic carbocycles. The maximum atomic E-state index is 13.4. The maximum absolute atomic E-state index is 13.4. The Morgan fingerprint density at radius 3 is 1.61 bits per heavy atom. The van der Waals surface area contributed by atoms with Gasteiger partial charge in [0.15, 0.2) is 9.84 Å². The first-order chi connectivity index (χ1) is 13.4. The molecule has 0 bridgehead atoms. The van der Waals surface area contributed by atoms with E-state index in [1.165, 1.54) is 51.4 Å². The third-order valence-corrected chi connectivity index (χ3v) is 8.13. The third-order valence-electron chi connectivity index (χ3n) is 5.94. The second-order valence-corrected chi connectivity index (χ2v) is 11.1. The van der Waals surface area contributed by atoms with E-state index >= 15 is 0 Å². The van der Waals surface area contributed by atoms with Crippen LogP contribution in [0.1, 0.15) is 105 Å². The van der Waals surface area contributed by atoms with E-state index in [0.29, 0.717) is 16.7 Å². The van der Waals surface area contributed by atoms with Crippen LogP contribution in [0, 0.1) is 11.8 Å². The van der Waals surface area contributed by atoms with Crippen LogP contribution < -0.4 is 0 Å². The zero-order valence-electron chi connectivity index (χ0n) is 18.8. The molecule has 0 aliphatic heterocycles. The molecule has 0 saturated heterocycles. The smallest absolute Gasteiger partial charge is 0.181 e. The molecule has 0 radical (unpaired) electrons. The third kappa shape index (κ3) is 9.58. The Kier molecular flexibility index (Phi) is 12.8. The highest BCUT2D eigenvalue weighted by molar-refractivity contribution is 7.92. The SMILES string of the molecule is CCCCCC[C@@H](C)CC(C[C@@H](C)CCCCCC)S(=O)(=O)c1ccccc1. The predicted molar refractivity (Wildman–Crippen MR) is 122 cm³/mol. The average molecular weight is 409 g/mol. The van der Waals surface area contributed by atoms with Crippen molar-refractivity contribution in [3.63, 3.8) is 0 Å². The van der Waals surface area contributed by atoms with Gasteiger partial charge in [-0.25, -0.2) is 8.42 Å². The summed E-state index contributed by atoms with van der Waals surface area (Å²) in [6.07, 6.45) is 13.9. The molecule has 162 valence electrons. The van der Waals surface area contributed by atoms with Gasteiger partial charge in [-0.05, 0) is 36.8 Å². The summed E-state index contributed by atoms with van der Waals surface area (Å²) in [5.74, 6) is 0.931. The van der Waals surface area contributed by atoms with Crippen molar-refractivity contribution in [3.05, 3.63) is 30.3 Å². The Bertz CT molecular complexity index is 574.